The third kappa shape index (κ3) is 3.64. The van der Waals surface area contributed by atoms with Crippen LogP contribution in [-0.2, 0) is 17.6 Å². The lowest BCUT2D eigenvalue weighted by Crippen LogP contribution is -2.26. The Morgan fingerprint density at radius 3 is 3.14 bits per heavy atom. The van der Waals surface area contributed by atoms with Gasteiger partial charge in [-0.1, -0.05) is 23.7 Å². The van der Waals surface area contributed by atoms with E-state index in [0.29, 0.717) is 24.4 Å². The van der Waals surface area contributed by atoms with Crippen molar-refractivity contribution in [3.05, 3.63) is 52.3 Å². The van der Waals surface area contributed by atoms with Gasteiger partial charge in [-0.15, -0.1) is 11.3 Å². The Bertz CT molecular complexity index is 783. The summed E-state index contributed by atoms with van der Waals surface area (Å²) in [5.74, 6) is 0.0463. The van der Waals surface area contributed by atoms with Crippen LogP contribution < -0.4 is 5.32 Å². The standard InChI is InChI=1S/C15H15ClN4OS/c16-12-3-1-2-11(8-12)4-5-14(21)17-7-6-13-9-22-15-18-10-19-20(13)15/h1-3,8-10H,4-7H2,(H,17,21). The SMILES string of the molecule is O=C(CCc1cccc(Cl)c1)NCCc1csc2ncnn12. The molecule has 7 heteroatoms. The maximum atomic E-state index is 11.9. The minimum Gasteiger partial charge on any atom is -0.356 e. The molecule has 3 rings (SSSR count). The second-order valence-electron chi connectivity index (χ2n) is 4.91. The monoisotopic (exact) mass is 334 g/mol. The number of hydrogen-bond acceptors (Lipinski definition) is 4. The molecule has 1 amide bonds. The Labute approximate surface area is 136 Å². The van der Waals surface area contributed by atoms with E-state index in [1.54, 1.807) is 17.7 Å². The van der Waals surface area contributed by atoms with Crippen LogP contribution in [0.3, 0.4) is 0 Å². The van der Waals surface area contributed by atoms with Gasteiger partial charge in [0, 0.05) is 29.8 Å². The summed E-state index contributed by atoms with van der Waals surface area (Å²) >= 11 is 7.48. The van der Waals surface area contributed by atoms with Crippen molar-refractivity contribution in [1.29, 1.82) is 0 Å². The molecule has 0 atom stereocenters. The van der Waals surface area contributed by atoms with Crippen molar-refractivity contribution in [3.8, 4) is 0 Å². The van der Waals surface area contributed by atoms with E-state index in [1.165, 1.54) is 0 Å². The molecule has 0 unspecified atom stereocenters. The summed E-state index contributed by atoms with van der Waals surface area (Å²) in [6.07, 6.45) is 3.44. The van der Waals surface area contributed by atoms with Gasteiger partial charge in [-0.05, 0) is 24.1 Å². The maximum Gasteiger partial charge on any atom is 0.220 e. The highest BCUT2D eigenvalue weighted by atomic mass is 35.5. The molecule has 0 fully saturated rings. The van der Waals surface area contributed by atoms with Crippen LogP contribution in [0, 0.1) is 0 Å². The van der Waals surface area contributed by atoms with Gasteiger partial charge in [-0.3, -0.25) is 4.79 Å². The topological polar surface area (TPSA) is 59.3 Å². The summed E-state index contributed by atoms with van der Waals surface area (Å²) in [6, 6.07) is 7.60. The minimum absolute atomic E-state index is 0.0463. The minimum atomic E-state index is 0.0463. The van der Waals surface area contributed by atoms with E-state index in [0.717, 1.165) is 22.6 Å². The molecular weight excluding hydrogens is 320 g/mol. The fourth-order valence-corrected chi connectivity index (χ4v) is 3.26. The highest BCUT2D eigenvalue weighted by Gasteiger charge is 2.06. The molecule has 0 aliphatic rings. The largest absolute Gasteiger partial charge is 0.356 e. The first-order valence-electron chi connectivity index (χ1n) is 6.99. The zero-order valence-electron chi connectivity index (χ0n) is 11.8. The molecule has 1 aromatic carbocycles. The van der Waals surface area contributed by atoms with Crippen LogP contribution in [0.5, 0.6) is 0 Å². The summed E-state index contributed by atoms with van der Waals surface area (Å²) in [7, 11) is 0. The third-order valence-electron chi connectivity index (χ3n) is 3.32. The molecule has 0 saturated heterocycles. The van der Waals surface area contributed by atoms with Crippen LogP contribution in [0.4, 0.5) is 0 Å². The quantitative estimate of drug-likeness (QED) is 0.754. The molecule has 114 valence electrons. The van der Waals surface area contributed by atoms with Crippen molar-refractivity contribution in [1.82, 2.24) is 19.9 Å². The van der Waals surface area contributed by atoms with Crippen LogP contribution in [0.1, 0.15) is 17.7 Å². The fourth-order valence-electron chi connectivity index (χ4n) is 2.21. The lowest BCUT2D eigenvalue weighted by atomic mass is 10.1. The number of fused-ring (bicyclic) bond motifs is 1. The Balaban J connectivity index is 1.44. The van der Waals surface area contributed by atoms with Crippen molar-refractivity contribution in [3.63, 3.8) is 0 Å². The second kappa shape index (κ2) is 6.89. The lowest BCUT2D eigenvalue weighted by molar-refractivity contribution is -0.121. The first kappa shape index (κ1) is 15.0. The van der Waals surface area contributed by atoms with E-state index in [9.17, 15) is 4.79 Å². The number of nitrogens with zero attached hydrogens (tertiary/aromatic N) is 3. The van der Waals surface area contributed by atoms with E-state index in [2.05, 4.69) is 15.4 Å². The molecule has 5 nitrogen and oxygen atoms in total. The second-order valence-corrected chi connectivity index (χ2v) is 6.18. The van der Waals surface area contributed by atoms with Gasteiger partial charge in [0.15, 0.2) is 0 Å². The molecule has 0 spiro atoms. The number of benzene rings is 1. The summed E-state index contributed by atoms with van der Waals surface area (Å²) in [5.41, 5.74) is 2.14. The number of rotatable bonds is 6. The number of amides is 1. The van der Waals surface area contributed by atoms with Gasteiger partial charge in [0.1, 0.15) is 6.33 Å². The van der Waals surface area contributed by atoms with Crippen molar-refractivity contribution in [2.45, 2.75) is 19.3 Å². The number of aromatic nitrogens is 3. The predicted molar refractivity (Wildman–Crippen MR) is 87.4 cm³/mol. The average Bonchev–Trinajstić information content (AvgIpc) is 3.10. The van der Waals surface area contributed by atoms with E-state index in [1.807, 2.05) is 34.2 Å². The molecule has 0 bridgehead atoms. The molecule has 2 aromatic heterocycles. The van der Waals surface area contributed by atoms with Gasteiger partial charge in [0.2, 0.25) is 10.9 Å². The van der Waals surface area contributed by atoms with E-state index >= 15 is 0 Å². The number of nitrogens with one attached hydrogen (secondary N) is 1. The summed E-state index contributed by atoms with van der Waals surface area (Å²) in [6.45, 7) is 0.597. The van der Waals surface area contributed by atoms with Crippen molar-refractivity contribution in [2.75, 3.05) is 6.54 Å². The summed E-state index contributed by atoms with van der Waals surface area (Å²) in [4.78, 5) is 16.9. The zero-order valence-corrected chi connectivity index (χ0v) is 13.4. The van der Waals surface area contributed by atoms with Crippen molar-refractivity contribution in [2.24, 2.45) is 0 Å². The van der Waals surface area contributed by atoms with Gasteiger partial charge in [0.25, 0.3) is 0 Å². The van der Waals surface area contributed by atoms with E-state index in [4.69, 9.17) is 11.6 Å². The maximum absolute atomic E-state index is 11.9. The van der Waals surface area contributed by atoms with Gasteiger partial charge < -0.3 is 5.32 Å². The molecule has 0 aliphatic carbocycles. The molecule has 0 radical (unpaired) electrons. The highest BCUT2D eigenvalue weighted by Crippen LogP contribution is 2.13. The van der Waals surface area contributed by atoms with Crippen LogP contribution in [0.15, 0.2) is 36.0 Å². The number of carbonyl (C=O) groups excluding carboxylic acids is 1. The van der Waals surface area contributed by atoms with Gasteiger partial charge in [-0.25, -0.2) is 9.50 Å². The van der Waals surface area contributed by atoms with E-state index < -0.39 is 0 Å². The Morgan fingerprint density at radius 1 is 1.36 bits per heavy atom. The Hall–Kier alpha value is -1.92. The first-order valence-corrected chi connectivity index (χ1v) is 8.25. The van der Waals surface area contributed by atoms with E-state index in [-0.39, 0.29) is 5.91 Å². The van der Waals surface area contributed by atoms with Crippen molar-refractivity contribution < 1.29 is 4.79 Å². The summed E-state index contributed by atoms with van der Waals surface area (Å²) < 4.78 is 1.81. The van der Waals surface area contributed by atoms with Crippen LogP contribution in [0.25, 0.3) is 4.96 Å². The molecule has 0 aliphatic heterocycles. The fraction of sp³-hybridized carbons (Fsp3) is 0.267. The number of aryl methyl sites for hydroxylation is 1. The summed E-state index contributed by atoms with van der Waals surface area (Å²) in [5, 5.41) is 9.81. The molecule has 1 N–H and O–H groups in total. The molecule has 22 heavy (non-hydrogen) atoms. The zero-order chi connectivity index (χ0) is 15.4. The van der Waals surface area contributed by atoms with Gasteiger partial charge in [0.05, 0.1) is 5.69 Å². The number of halogens is 1. The van der Waals surface area contributed by atoms with Gasteiger partial charge in [-0.2, -0.15) is 5.10 Å². The van der Waals surface area contributed by atoms with Crippen molar-refractivity contribution >= 4 is 33.8 Å². The number of hydrogen-bond donors (Lipinski definition) is 1. The lowest BCUT2D eigenvalue weighted by Gasteiger charge is -2.05. The Morgan fingerprint density at radius 2 is 2.27 bits per heavy atom. The number of thiazole rings is 1. The third-order valence-corrected chi connectivity index (χ3v) is 4.44. The first-order chi connectivity index (χ1) is 10.7. The van der Waals surface area contributed by atoms with Crippen LogP contribution in [0.2, 0.25) is 5.02 Å². The molecule has 3 aromatic rings. The van der Waals surface area contributed by atoms with Crippen LogP contribution >= 0.6 is 22.9 Å². The molecule has 2 heterocycles. The van der Waals surface area contributed by atoms with Gasteiger partial charge >= 0.3 is 0 Å². The predicted octanol–water partition coefficient (Wildman–Crippen LogP) is 2.74. The molecular formula is C15H15ClN4OS. The van der Waals surface area contributed by atoms with Crippen LogP contribution in [-0.4, -0.2) is 27.0 Å². The number of carbonyl (C=O) groups is 1. The average molecular weight is 335 g/mol. The smallest absolute Gasteiger partial charge is 0.220 e. The normalized spacial score (nSPS) is 11.0. The highest BCUT2D eigenvalue weighted by molar-refractivity contribution is 7.15. The molecule has 0 saturated carbocycles. The Kier molecular flexibility index (Phi) is 4.70.